The Kier molecular flexibility index (Phi) is 5.05. The lowest BCUT2D eigenvalue weighted by molar-refractivity contribution is 0.0650. The topological polar surface area (TPSA) is 73.0 Å². The van der Waals surface area contributed by atoms with Crippen LogP contribution in [0, 0.1) is 12.8 Å². The number of rotatable bonds is 4. The summed E-state index contributed by atoms with van der Waals surface area (Å²) in [6.07, 6.45) is 0. The van der Waals surface area contributed by atoms with Crippen LogP contribution < -0.4 is 5.69 Å². The van der Waals surface area contributed by atoms with Crippen molar-refractivity contribution in [2.24, 2.45) is 5.92 Å². The fraction of sp³-hybridized carbons (Fsp3) is 0.364. The van der Waals surface area contributed by atoms with Gasteiger partial charge < -0.3 is 4.90 Å². The quantitative estimate of drug-likeness (QED) is 0.685. The Morgan fingerprint density at radius 3 is 2.55 bits per heavy atom. The molecule has 7 nitrogen and oxygen atoms in total. The zero-order valence-corrected chi connectivity index (χ0v) is 16.9. The molecular formula is C22H25N5O2. The van der Waals surface area contributed by atoms with Crippen LogP contribution in [0.25, 0.3) is 0 Å². The molecule has 3 aromatic rings. The van der Waals surface area contributed by atoms with Crippen LogP contribution in [-0.2, 0) is 13.1 Å². The number of aryl methyl sites for hydroxylation is 1. The van der Waals surface area contributed by atoms with E-state index in [1.165, 1.54) is 4.68 Å². The highest BCUT2D eigenvalue weighted by molar-refractivity contribution is 5.93. The normalized spacial score (nSPS) is 16.1. The zero-order valence-electron chi connectivity index (χ0n) is 16.9. The van der Waals surface area contributed by atoms with E-state index in [-0.39, 0.29) is 11.6 Å². The first-order chi connectivity index (χ1) is 14.0. The van der Waals surface area contributed by atoms with Gasteiger partial charge in [0, 0.05) is 25.3 Å². The Balaban J connectivity index is 1.81. The maximum absolute atomic E-state index is 13.4. The molecule has 0 aliphatic carbocycles. The van der Waals surface area contributed by atoms with Crippen LogP contribution in [0.15, 0.2) is 53.3 Å². The minimum Gasteiger partial charge on any atom is -0.321 e. The number of pyridine rings is 1. The molecule has 3 heterocycles. The Morgan fingerprint density at radius 2 is 1.86 bits per heavy atom. The molecule has 150 valence electrons. The van der Waals surface area contributed by atoms with Crippen molar-refractivity contribution in [3.05, 3.63) is 81.8 Å². The van der Waals surface area contributed by atoms with Crippen molar-refractivity contribution in [2.75, 3.05) is 6.54 Å². The number of amides is 1. The maximum Gasteiger partial charge on any atom is 0.346 e. The van der Waals surface area contributed by atoms with Gasteiger partial charge in [0.15, 0.2) is 5.82 Å². The summed E-state index contributed by atoms with van der Waals surface area (Å²) in [6.45, 7) is 7.37. The largest absolute Gasteiger partial charge is 0.346 e. The van der Waals surface area contributed by atoms with E-state index in [1.54, 1.807) is 15.5 Å². The number of hydrogen-bond donors (Lipinski definition) is 0. The number of aromatic nitrogens is 4. The zero-order chi connectivity index (χ0) is 20.5. The van der Waals surface area contributed by atoms with E-state index in [4.69, 9.17) is 0 Å². The predicted octanol–water partition coefficient (Wildman–Crippen LogP) is 2.65. The van der Waals surface area contributed by atoms with Crippen LogP contribution in [0.3, 0.4) is 0 Å². The first kappa shape index (κ1) is 19.1. The second-order valence-electron chi connectivity index (χ2n) is 7.84. The molecule has 0 radical (unpaired) electrons. The Labute approximate surface area is 169 Å². The van der Waals surface area contributed by atoms with Crippen LogP contribution in [0.1, 0.15) is 47.5 Å². The van der Waals surface area contributed by atoms with E-state index in [2.05, 4.69) is 23.9 Å². The molecule has 0 fully saturated rings. The second kappa shape index (κ2) is 7.66. The molecule has 29 heavy (non-hydrogen) atoms. The summed E-state index contributed by atoms with van der Waals surface area (Å²) in [7, 11) is 0. The highest BCUT2D eigenvalue weighted by Crippen LogP contribution is 2.31. The lowest BCUT2D eigenvalue weighted by atomic mass is 10.0. The fourth-order valence-electron chi connectivity index (χ4n) is 3.80. The van der Waals surface area contributed by atoms with Gasteiger partial charge in [-0.3, -0.25) is 9.36 Å². The minimum absolute atomic E-state index is 0.115. The molecule has 1 amide bonds. The smallest absolute Gasteiger partial charge is 0.321 e. The molecule has 2 aromatic heterocycles. The summed E-state index contributed by atoms with van der Waals surface area (Å²) in [5, 5.41) is 4.64. The number of carbonyl (C=O) groups excluding carboxylic acids is 1. The summed E-state index contributed by atoms with van der Waals surface area (Å²) in [4.78, 5) is 32.4. The standard InChI is InChI=1S/C22H25N5O2/c1-15(2)14-27-22(29)26-13-12-25(21(28)18-11-7-8-16(3)23-18)19(20(26)24-27)17-9-5-4-6-10-17/h4-11,15,19H,12-14H2,1-3H3. The molecule has 0 saturated carbocycles. The number of hydrogen-bond acceptors (Lipinski definition) is 4. The van der Waals surface area contributed by atoms with Crippen molar-refractivity contribution in [1.82, 2.24) is 24.2 Å². The minimum atomic E-state index is -0.430. The van der Waals surface area contributed by atoms with Crippen molar-refractivity contribution in [1.29, 1.82) is 0 Å². The van der Waals surface area contributed by atoms with Gasteiger partial charge in [-0.1, -0.05) is 50.2 Å². The van der Waals surface area contributed by atoms with Crippen LogP contribution in [0.2, 0.25) is 0 Å². The van der Waals surface area contributed by atoms with Crippen molar-refractivity contribution in [3.63, 3.8) is 0 Å². The van der Waals surface area contributed by atoms with Gasteiger partial charge in [0.25, 0.3) is 5.91 Å². The Morgan fingerprint density at radius 1 is 1.10 bits per heavy atom. The SMILES string of the molecule is Cc1cccc(C(=O)N2CCn3c(nn(CC(C)C)c3=O)C2c2ccccc2)n1. The number of benzene rings is 1. The lowest BCUT2D eigenvalue weighted by Gasteiger charge is -2.35. The second-order valence-corrected chi connectivity index (χ2v) is 7.84. The maximum atomic E-state index is 13.4. The van der Waals surface area contributed by atoms with Crippen molar-refractivity contribution in [2.45, 2.75) is 39.9 Å². The third-order valence-corrected chi connectivity index (χ3v) is 5.09. The highest BCUT2D eigenvalue weighted by Gasteiger charge is 2.36. The molecule has 4 rings (SSSR count). The van der Waals surface area contributed by atoms with E-state index in [0.717, 1.165) is 11.3 Å². The van der Waals surface area contributed by atoms with Gasteiger partial charge in [-0.15, -0.1) is 0 Å². The first-order valence-electron chi connectivity index (χ1n) is 9.93. The van der Waals surface area contributed by atoms with Gasteiger partial charge in [0.2, 0.25) is 0 Å². The number of nitrogens with zero attached hydrogens (tertiary/aromatic N) is 5. The molecule has 1 unspecified atom stereocenters. The molecule has 1 atom stereocenters. The van der Waals surface area contributed by atoms with E-state index in [1.807, 2.05) is 49.4 Å². The summed E-state index contributed by atoms with van der Waals surface area (Å²) in [5.41, 5.74) is 2.01. The van der Waals surface area contributed by atoms with Crippen LogP contribution >= 0.6 is 0 Å². The molecule has 1 aromatic carbocycles. The molecular weight excluding hydrogens is 366 g/mol. The van der Waals surface area contributed by atoms with E-state index < -0.39 is 6.04 Å². The molecule has 1 aliphatic rings. The summed E-state index contributed by atoms with van der Waals surface area (Å²) in [6, 6.07) is 14.8. The van der Waals surface area contributed by atoms with Crippen molar-refractivity contribution < 1.29 is 4.79 Å². The number of carbonyl (C=O) groups is 1. The highest BCUT2D eigenvalue weighted by atomic mass is 16.2. The van der Waals surface area contributed by atoms with Gasteiger partial charge >= 0.3 is 5.69 Å². The molecule has 0 bridgehead atoms. The third-order valence-electron chi connectivity index (χ3n) is 5.09. The van der Waals surface area contributed by atoms with Gasteiger partial charge in [-0.05, 0) is 30.5 Å². The van der Waals surface area contributed by atoms with E-state index in [9.17, 15) is 9.59 Å². The molecule has 0 spiro atoms. The molecule has 0 N–H and O–H groups in total. The van der Waals surface area contributed by atoms with Gasteiger partial charge in [-0.2, -0.15) is 5.10 Å². The summed E-state index contributed by atoms with van der Waals surface area (Å²) in [5.74, 6) is 0.753. The van der Waals surface area contributed by atoms with Crippen LogP contribution in [0.4, 0.5) is 0 Å². The van der Waals surface area contributed by atoms with Crippen LogP contribution in [0.5, 0.6) is 0 Å². The fourth-order valence-corrected chi connectivity index (χ4v) is 3.80. The van der Waals surface area contributed by atoms with Gasteiger partial charge in [0.1, 0.15) is 11.7 Å². The Hall–Kier alpha value is -3.22. The lowest BCUT2D eigenvalue weighted by Crippen LogP contribution is -2.45. The van der Waals surface area contributed by atoms with Crippen molar-refractivity contribution >= 4 is 5.91 Å². The first-order valence-corrected chi connectivity index (χ1v) is 9.93. The summed E-state index contributed by atoms with van der Waals surface area (Å²) < 4.78 is 3.22. The van der Waals surface area contributed by atoms with Gasteiger partial charge in [0.05, 0.1) is 0 Å². The molecule has 1 aliphatic heterocycles. The third kappa shape index (κ3) is 3.60. The average Bonchev–Trinajstić information content (AvgIpc) is 3.02. The average molecular weight is 391 g/mol. The van der Waals surface area contributed by atoms with E-state index >= 15 is 0 Å². The number of fused-ring (bicyclic) bond motifs is 1. The molecule has 7 heteroatoms. The molecule has 0 saturated heterocycles. The van der Waals surface area contributed by atoms with Crippen molar-refractivity contribution in [3.8, 4) is 0 Å². The monoisotopic (exact) mass is 391 g/mol. The van der Waals surface area contributed by atoms with E-state index in [0.29, 0.717) is 37.1 Å². The van der Waals surface area contributed by atoms with Crippen LogP contribution in [-0.4, -0.2) is 36.7 Å². The summed E-state index contributed by atoms with van der Waals surface area (Å²) >= 11 is 0. The van der Waals surface area contributed by atoms with Gasteiger partial charge in [-0.25, -0.2) is 14.5 Å². The predicted molar refractivity (Wildman–Crippen MR) is 110 cm³/mol. The Bertz CT molecular complexity index is 1080.